The van der Waals surface area contributed by atoms with Crippen LogP contribution >= 0.6 is 11.3 Å². The third-order valence-corrected chi connectivity index (χ3v) is 6.13. The number of likely N-dealkylation sites (tertiary alicyclic amines) is 1. The molecular weight excluding hydrogens is 370 g/mol. The van der Waals surface area contributed by atoms with E-state index in [9.17, 15) is 9.59 Å². The van der Waals surface area contributed by atoms with Crippen LogP contribution in [0.4, 0.5) is 5.13 Å². The van der Waals surface area contributed by atoms with Gasteiger partial charge < -0.3 is 5.32 Å². The molecule has 0 unspecified atom stereocenters. The molecule has 28 heavy (non-hydrogen) atoms. The number of carbonyl (C=O) groups excluding carboxylic acids is 2. The average Bonchev–Trinajstić information content (AvgIpc) is 3.14. The standard InChI is InChI=1S/C22H29N3O2S/c1-3-17-4-6-18(7-5-17)20(26)8-9-21(27)24-22-23-19(15-28-22)14-25-12-10-16(2)11-13-25/h4-7,15-16H,3,8-14H2,1-2H3,(H,23,24,27). The van der Waals surface area contributed by atoms with E-state index in [1.54, 1.807) is 0 Å². The van der Waals surface area contributed by atoms with Crippen molar-refractivity contribution in [1.82, 2.24) is 9.88 Å². The Hall–Kier alpha value is -2.05. The third kappa shape index (κ3) is 5.97. The van der Waals surface area contributed by atoms with Gasteiger partial charge in [0.2, 0.25) is 5.91 Å². The van der Waals surface area contributed by atoms with Gasteiger partial charge >= 0.3 is 0 Å². The molecule has 2 aromatic rings. The molecule has 1 aromatic carbocycles. The van der Waals surface area contributed by atoms with Crippen molar-refractivity contribution >= 4 is 28.2 Å². The van der Waals surface area contributed by atoms with Crippen molar-refractivity contribution < 1.29 is 9.59 Å². The fourth-order valence-electron chi connectivity index (χ4n) is 3.37. The highest BCUT2D eigenvalue weighted by molar-refractivity contribution is 7.13. The van der Waals surface area contributed by atoms with Crippen molar-refractivity contribution in [2.45, 2.75) is 52.5 Å². The predicted molar refractivity (Wildman–Crippen MR) is 114 cm³/mol. The first kappa shape index (κ1) is 20.7. The van der Waals surface area contributed by atoms with Gasteiger partial charge in [-0.1, -0.05) is 38.1 Å². The Balaban J connectivity index is 1.43. The number of nitrogens with one attached hydrogen (secondary N) is 1. The first-order valence-electron chi connectivity index (χ1n) is 10.1. The minimum atomic E-state index is -0.161. The summed E-state index contributed by atoms with van der Waals surface area (Å²) in [5.41, 5.74) is 2.87. The summed E-state index contributed by atoms with van der Waals surface area (Å²) in [6.07, 6.45) is 3.81. The van der Waals surface area contributed by atoms with Crippen LogP contribution in [-0.2, 0) is 17.8 Å². The predicted octanol–water partition coefficient (Wildman–Crippen LogP) is 4.54. The summed E-state index contributed by atoms with van der Waals surface area (Å²) in [6, 6.07) is 7.61. The molecule has 1 saturated heterocycles. The van der Waals surface area contributed by atoms with Gasteiger partial charge in [-0.25, -0.2) is 4.98 Å². The summed E-state index contributed by atoms with van der Waals surface area (Å²) in [5.74, 6) is 0.650. The zero-order chi connectivity index (χ0) is 19.9. The van der Waals surface area contributed by atoms with E-state index in [4.69, 9.17) is 0 Å². The third-order valence-electron chi connectivity index (χ3n) is 5.32. The number of ketones is 1. The molecule has 5 nitrogen and oxygen atoms in total. The van der Waals surface area contributed by atoms with Gasteiger partial charge in [-0.3, -0.25) is 14.5 Å². The Kier molecular flexibility index (Phi) is 7.34. The van der Waals surface area contributed by atoms with Crippen LogP contribution in [0, 0.1) is 5.92 Å². The van der Waals surface area contributed by atoms with Gasteiger partial charge in [-0.15, -0.1) is 11.3 Å². The molecule has 150 valence electrons. The van der Waals surface area contributed by atoms with Crippen molar-refractivity contribution in [3.05, 3.63) is 46.5 Å². The maximum absolute atomic E-state index is 12.3. The largest absolute Gasteiger partial charge is 0.302 e. The molecule has 1 aliphatic rings. The summed E-state index contributed by atoms with van der Waals surface area (Å²) in [4.78, 5) is 31.4. The highest BCUT2D eigenvalue weighted by Crippen LogP contribution is 2.21. The average molecular weight is 400 g/mol. The van der Waals surface area contributed by atoms with E-state index in [1.807, 2.05) is 29.6 Å². The first-order chi connectivity index (χ1) is 13.5. The molecule has 1 aromatic heterocycles. The van der Waals surface area contributed by atoms with Gasteiger partial charge in [-0.2, -0.15) is 0 Å². The number of rotatable bonds is 8. The highest BCUT2D eigenvalue weighted by Gasteiger charge is 2.17. The smallest absolute Gasteiger partial charge is 0.226 e. The van der Waals surface area contributed by atoms with E-state index in [-0.39, 0.29) is 24.5 Å². The monoisotopic (exact) mass is 399 g/mol. The minimum absolute atomic E-state index is 0.00282. The van der Waals surface area contributed by atoms with Crippen molar-refractivity contribution in [1.29, 1.82) is 0 Å². The van der Waals surface area contributed by atoms with Gasteiger partial charge in [0.15, 0.2) is 10.9 Å². The van der Waals surface area contributed by atoms with E-state index >= 15 is 0 Å². The normalized spacial score (nSPS) is 15.5. The lowest BCUT2D eigenvalue weighted by Crippen LogP contribution is -2.32. The number of aromatic nitrogens is 1. The van der Waals surface area contributed by atoms with Crippen molar-refractivity contribution in [3.63, 3.8) is 0 Å². The summed E-state index contributed by atoms with van der Waals surface area (Å²) in [6.45, 7) is 7.45. The first-order valence-corrected chi connectivity index (χ1v) is 11.0. The molecule has 0 aliphatic carbocycles. The Bertz CT molecular complexity index is 792. The fourth-order valence-corrected chi connectivity index (χ4v) is 4.08. The Morgan fingerprint density at radius 3 is 2.57 bits per heavy atom. The lowest BCUT2D eigenvalue weighted by molar-refractivity contribution is -0.116. The van der Waals surface area contributed by atoms with Crippen molar-refractivity contribution in [3.8, 4) is 0 Å². The lowest BCUT2D eigenvalue weighted by atomic mass is 9.99. The number of nitrogens with zero attached hydrogens (tertiary/aromatic N) is 2. The molecule has 1 amide bonds. The minimum Gasteiger partial charge on any atom is -0.302 e. The highest BCUT2D eigenvalue weighted by atomic mass is 32.1. The van der Waals surface area contributed by atoms with Crippen LogP contribution in [0.15, 0.2) is 29.6 Å². The molecule has 0 radical (unpaired) electrons. The van der Waals surface area contributed by atoms with Gasteiger partial charge in [0.25, 0.3) is 0 Å². The van der Waals surface area contributed by atoms with E-state index in [0.29, 0.717) is 10.7 Å². The van der Waals surface area contributed by atoms with Crippen molar-refractivity contribution in [2.75, 3.05) is 18.4 Å². The van der Waals surface area contributed by atoms with Crippen LogP contribution in [0.3, 0.4) is 0 Å². The summed E-state index contributed by atoms with van der Waals surface area (Å²) < 4.78 is 0. The number of amides is 1. The van der Waals surface area contributed by atoms with Gasteiger partial charge in [-0.05, 0) is 43.8 Å². The quantitative estimate of drug-likeness (QED) is 0.662. The number of benzene rings is 1. The van der Waals surface area contributed by atoms with E-state index in [0.717, 1.165) is 37.7 Å². The molecule has 0 bridgehead atoms. The molecule has 6 heteroatoms. The summed E-state index contributed by atoms with van der Waals surface area (Å²) in [5, 5.41) is 5.45. The van der Waals surface area contributed by atoms with Crippen LogP contribution < -0.4 is 5.32 Å². The zero-order valence-electron chi connectivity index (χ0n) is 16.7. The summed E-state index contributed by atoms with van der Waals surface area (Å²) in [7, 11) is 0. The maximum atomic E-state index is 12.3. The number of anilines is 1. The van der Waals surface area contributed by atoms with E-state index < -0.39 is 0 Å². The number of piperidine rings is 1. The number of carbonyl (C=O) groups is 2. The number of thiazole rings is 1. The topological polar surface area (TPSA) is 62.3 Å². The molecule has 3 rings (SSSR count). The lowest BCUT2D eigenvalue weighted by Gasteiger charge is -2.29. The van der Waals surface area contributed by atoms with Crippen LogP contribution in [0.5, 0.6) is 0 Å². The second kappa shape index (κ2) is 9.94. The fraction of sp³-hybridized carbons (Fsp3) is 0.500. The molecule has 2 heterocycles. The number of hydrogen-bond acceptors (Lipinski definition) is 5. The van der Waals surface area contributed by atoms with E-state index in [1.165, 1.54) is 29.7 Å². The molecule has 1 fully saturated rings. The Morgan fingerprint density at radius 1 is 1.18 bits per heavy atom. The second-order valence-corrected chi connectivity index (χ2v) is 8.48. The molecular formula is C22H29N3O2S. The molecule has 1 aliphatic heterocycles. The Labute approximate surface area is 171 Å². The van der Waals surface area contributed by atoms with Crippen LogP contribution in [0.1, 0.15) is 61.1 Å². The van der Waals surface area contributed by atoms with Gasteiger partial charge in [0, 0.05) is 30.3 Å². The van der Waals surface area contributed by atoms with Gasteiger partial charge in [0.05, 0.1) is 5.69 Å². The van der Waals surface area contributed by atoms with Crippen LogP contribution in [-0.4, -0.2) is 34.7 Å². The number of Topliss-reactive ketones (excluding diaryl/α,β-unsaturated/α-hetero) is 1. The van der Waals surface area contributed by atoms with Gasteiger partial charge in [0.1, 0.15) is 0 Å². The summed E-state index contributed by atoms with van der Waals surface area (Å²) >= 11 is 1.45. The molecule has 0 atom stereocenters. The van der Waals surface area contributed by atoms with Crippen LogP contribution in [0.25, 0.3) is 0 Å². The maximum Gasteiger partial charge on any atom is 0.226 e. The molecule has 0 spiro atoms. The van der Waals surface area contributed by atoms with Crippen LogP contribution in [0.2, 0.25) is 0 Å². The van der Waals surface area contributed by atoms with E-state index in [2.05, 4.69) is 29.0 Å². The molecule has 1 N–H and O–H groups in total. The second-order valence-electron chi connectivity index (χ2n) is 7.62. The number of hydrogen-bond donors (Lipinski definition) is 1. The number of aryl methyl sites for hydroxylation is 1. The Morgan fingerprint density at radius 2 is 1.89 bits per heavy atom. The SMILES string of the molecule is CCc1ccc(C(=O)CCC(=O)Nc2nc(CN3CCC(C)CC3)cs2)cc1. The molecule has 0 saturated carbocycles. The zero-order valence-corrected chi connectivity index (χ0v) is 17.6. The van der Waals surface area contributed by atoms with Crippen molar-refractivity contribution in [2.24, 2.45) is 5.92 Å².